The Labute approximate surface area is 262 Å². The average molecular weight is 600 g/mol. The van der Waals surface area contributed by atoms with Gasteiger partial charge in [0.2, 0.25) is 0 Å². The number of thioether (sulfide) groups is 2. The number of rotatable bonds is 12. The topological polar surface area (TPSA) is 28.3 Å². The second-order valence-corrected chi connectivity index (χ2v) is 12.9. The highest BCUT2D eigenvalue weighted by atomic mass is 32.2. The molecule has 2 aliphatic heterocycles. The van der Waals surface area contributed by atoms with Crippen molar-refractivity contribution in [3.8, 4) is 0 Å². The first kappa shape index (κ1) is 28.1. The first-order valence-corrected chi connectivity index (χ1v) is 16.7. The van der Waals surface area contributed by atoms with E-state index in [0.717, 1.165) is 47.3 Å². The molecule has 0 aliphatic carbocycles. The Bertz CT molecular complexity index is 1550. The van der Waals surface area contributed by atoms with Gasteiger partial charge < -0.3 is 14.4 Å². The largest absolute Gasteiger partial charge is 0.372 e. The Hall–Kier alpha value is -3.74. The zero-order chi connectivity index (χ0) is 28.8. The molecule has 2 saturated heterocycles. The summed E-state index contributed by atoms with van der Waals surface area (Å²) >= 11 is 3.72. The molecular formula is C38H33NO2S2. The molecule has 5 aromatic rings. The average Bonchev–Trinajstić information content (AvgIpc) is 4.01. The van der Waals surface area contributed by atoms with Crippen LogP contribution in [-0.4, -0.2) is 36.9 Å². The fraction of sp³-hybridized carbons (Fsp3) is 0.158. The molecule has 0 amide bonds. The molecule has 0 radical (unpaired) electrons. The molecule has 5 aromatic carbocycles. The van der Waals surface area contributed by atoms with Crippen molar-refractivity contribution in [2.24, 2.45) is 0 Å². The second kappa shape index (κ2) is 13.3. The van der Waals surface area contributed by atoms with E-state index in [1.165, 1.54) is 26.5 Å². The Morgan fingerprint density at radius 2 is 0.953 bits per heavy atom. The van der Waals surface area contributed by atoms with E-state index in [1.54, 1.807) is 0 Å². The Kier molecular flexibility index (Phi) is 8.66. The first-order chi connectivity index (χ1) is 21.3. The molecule has 2 aliphatic rings. The molecule has 2 fully saturated rings. The molecule has 2 unspecified atom stereocenters. The van der Waals surface area contributed by atoms with Gasteiger partial charge in [0.1, 0.15) is 0 Å². The molecule has 43 heavy (non-hydrogen) atoms. The lowest BCUT2D eigenvalue weighted by molar-refractivity contribution is 0.426. The quantitative estimate of drug-likeness (QED) is 0.0809. The predicted molar refractivity (Wildman–Crippen MR) is 182 cm³/mol. The fourth-order valence-electron chi connectivity index (χ4n) is 4.99. The number of hydrogen-bond acceptors (Lipinski definition) is 5. The zero-order valence-corrected chi connectivity index (χ0v) is 25.5. The number of hydrogen-bond donors (Lipinski definition) is 0. The summed E-state index contributed by atoms with van der Waals surface area (Å²) in [5, 5.41) is 0. The van der Waals surface area contributed by atoms with Crippen molar-refractivity contribution in [1.29, 1.82) is 0 Å². The van der Waals surface area contributed by atoms with Crippen molar-refractivity contribution in [3.05, 3.63) is 150 Å². The smallest absolute Gasteiger partial charge is 0.0903 e. The van der Waals surface area contributed by atoms with Gasteiger partial charge in [0, 0.05) is 38.4 Å². The van der Waals surface area contributed by atoms with Gasteiger partial charge >= 0.3 is 0 Å². The third-order valence-corrected chi connectivity index (χ3v) is 9.79. The monoisotopic (exact) mass is 599 g/mol. The van der Waals surface area contributed by atoms with Crippen LogP contribution in [0, 0.1) is 0 Å². The lowest BCUT2D eigenvalue weighted by Gasteiger charge is -2.26. The lowest BCUT2D eigenvalue weighted by atomic mass is 9.95. The highest BCUT2D eigenvalue weighted by Gasteiger charge is 2.23. The third kappa shape index (κ3) is 7.43. The van der Waals surface area contributed by atoms with Crippen LogP contribution < -0.4 is 4.90 Å². The van der Waals surface area contributed by atoms with Gasteiger partial charge in [-0.25, -0.2) is 0 Å². The van der Waals surface area contributed by atoms with Crippen LogP contribution >= 0.6 is 23.5 Å². The van der Waals surface area contributed by atoms with Gasteiger partial charge in [0.05, 0.1) is 25.4 Å². The van der Waals surface area contributed by atoms with Crippen molar-refractivity contribution in [3.63, 3.8) is 0 Å². The van der Waals surface area contributed by atoms with Crippen LogP contribution in [-0.2, 0) is 9.47 Å². The standard InChI is InChI=1S/C38H33NO2S2/c1-3-7-29(8-4-1)38(30-9-5-2-6-10-30)23-28-11-13-31(14-12-28)39(32-15-19-36(20-16-32)42-26-34-24-40-34)33-17-21-37(22-18-33)43-27-35-25-41-35/h1-23,34-35H,24-27H2. The van der Waals surface area contributed by atoms with Crippen LogP contribution in [0.2, 0.25) is 0 Å². The summed E-state index contributed by atoms with van der Waals surface area (Å²) in [5.74, 6) is 2.02. The SMILES string of the molecule is C(=C(c1ccccc1)c1ccccc1)c1ccc(N(c2ccc(SCC3CO3)cc2)c2ccc(SCC3CO3)cc2)cc1. The van der Waals surface area contributed by atoms with Gasteiger partial charge in [-0.05, 0) is 89.0 Å². The Balaban J connectivity index is 1.19. The van der Waals surface area contributed by atoms with E-state index in [1.807, 2.05) is 23.5 Å². The van der Waals surface area contributed by atoms with Crippen molar-refractivity contribution in [2.45, 2.75) is 22.0 Å². The molecule has 0 N–H and O–H groups in total. The molecule has 214 valence electrons. The van der Waals surface area contributed by atoms with Crippen LogP contribution in [0.5, 0.6) is 0 Å². The van der Waals surface area contributed by atoms with Crippen LogP contribution in [0.1, 0.15) is 16.7 Å². The van der Waals surface area contributed by atoms with Crippen LogP contribution in [0.25, 0.3) is 11.6 Å². The Morgan fingerprint density at radius 3 is 1.35 bits per heavy atom. The minimum absolute atomic E-state index is 0.417. The van der Waals surface area contributed by atoms with Crippen molar-refractivity contribution in [1.82, 2.24) is 0 Å². The summed E-state index contributed by atoms with van der Waals surface area (Å²) in [4.78, 5) is 4.87. The molecule has 2 atom stereocenters. The van der Waals surface area contributed by atoms with E-state index in [4.69, 9.17) is 9.47 Å². The van der Waals surface area contributed by atoms with Crippen molar-refractivity contribution in [2.75, 3.05) is 29.6 Å². The minimum atomic E-state index is 0.417. The zero-order valence-electron chi connectivity index (χ0n) is 23.8. The number of benzene rings is 5. The number of epoxide rings is 2. The fourth-order valence-corrected chi connectivity index (χ4v) is 6.79. The van der Waals surface area contributed by atoms with E-state index in [-0.39, 0.29) is 0 Å². The van der Waals surface area contributed by atoms with Gasteiger partial charge in [-0.3, -0.25) is 0 Å². The maximum atomic E-state index is 5.39. The van der Waals surface area contributed by atoms with Crippen molar-refractivity contribution >= 4 is 52.2 Å². The van der Waals surface area contributed by atoms with Crippen molar-refractivity contribution < 1.29 is 9.47 Å². The van der Waals surface area contributed by atoms with E-state index < -0.39 is 0 Å². The maximum absolute atomic E-state index is 5.39. The molecule has 5 heteroatoms. The summed E-state index contributed by atoms with van der Waals surface area (Å²) in [6.45, 7) is 1.79. The Morgan fingerprint density at radius 1 is 0.558 bits per heavy atom. The molecule has 0 aromatic heterocycles. The molecule has 0 saturated carbocycles. The highest BCUT2D eigenvalue weighted by molar-refractivity contribution is 7.99. The third-order valence-electron chi connectivity index (χ3n) is 7.50. The van der Waals surface area contributed by atoms with Gasteiger partial charge in [-0.15, -0.1) is 23.5 Å². The molecule has 0 bridgehead atoms. The second-order valence-electron chi connectivity index (χ2n) is 10.7. The lowest BCUT2D eigenvalue weighted by Crippen LogP contribution is -2.09. The van der Waals surface area contributed by atoms with Gasteiger partial charge in [-0.1, -0.05) is 72.8 Å². The van der Waals surface area contributed by atoms with Gasteiger partial charge in [0.25, 0.3) is 0 Å². The van der Waals surface area contributed by atoms with E-state index in [2.05, 4.69) is 144 Å². The number of anilines is 3. The summed E-state index contributed by atoms with van der Waals surface area (Å²) in [5.41, 5.74) is 8.17. The van der Waals surface area contributed by atoms with Gasteiger partial charge in [-0.2, -0.15) is 0 Å². The predicted octanol–water partition coefficient (Wildman–Crippen LogP) is 9.73. The summed E-state index contributed by atoms with van der Waals surface area (Å²) in [6.07, 6.45) is 3.12. The molecular weight excluding hydrogens is 567 g/mol. The molecule has 0 spiro atoms. The summed E-state index contributed by atoms with van der Waals surface area (Å²) in [7, 11) is 0. The number of nitrogens with zero attached hydrogens (tertiary/aromatic N) is 1. The summed E-state index contributed by atoms with van der Waals surface area (Å²) < 4.78 is 10.8. The van der Waals surface area contributed by atoms with Gasteiger partial charge in [0.15, 0.2) is 0 Å². The van der Waals surface area contributed by atoms with Crippen LogP contribution in [0.4, 0.5) is 17.1 Å². The first-order valence-electron chi connectivity index (χ1n) is 14.7. The van der Waals surface area contributed by atoms with E-state index in [0.29, 0.717) is 12.2 Å². The van der Waals surface area contributed by atoms with Crippen LogP contribution in [0.3, 0.4) is 0 Å². The molecule has 3 nitrogen and oxygen atoms in total. The van der Waals surface area contributed by atoms with E-state index in [9.17, 15) is 0 Å². The summed E-state index contributed by atoms with van der Waals surface area (Å²) in [6, 6.07) is 47.9. The van der Waals surface area contributed by atoms with E-state index >= 15 is 0 Å². The molecule has 2 heterocycles. The highest BCUT2D eigenvalue weighted by Crippen LogP contribution is 2.37. The number of ether oxygens (including phenoxy) is 2. The van der Waals surface area contributed by atoms with Crippen LogP contribution in [0.15, 0.2) is 143 Å². The minimum Gasteiger partial charge on any atom is -0.372 e. The molecule has 7 rings (SSSR count). The normalized spacial score (nSPS) is 16.8. The maximum Gasteiger partial charge on any atom is 0.0903 e.